The van der Waals surface area contributed by atoms with Crippen LogP contribution in [0, 0.1) is 0 Å². The van der Waals surface area contributed by atoms with Gasteiger partial charge in [0.05, 0.1) is 0 Å². The first-order valence-corrected chi connectivity index (χ1v) is 7.59. The van der Waals surface area contributed by atoms with Gasteiger partial charge in [-0.25, -0.2) is 4.98 Å². The lowest BCUT2D eigenvalue weighted by Gasteiger charge is -2.19. The van der Waals surface area contributed by atoms with Crippen molar-refractivity contribution >= 4 is 11.8 Å². The van der Waals surface area contributed by atoms with Crippen molar-refractivity contribution in [1.29, 1.82) is 0 Å². The van der Waals surface area contributed by atoms with Gasteiger partial charge in [-0.05, 0) is 13.3 Å². The van der Waals surface area contributed by atoms with Gasteiger partial charge in [0.2, 0.25) is 11.8 Å². The molecule has 1 atom stereocenters. The van der Waals surface area contributed by atoms with Gasteiger partial charge in [0.25, 0.3) is 0 Å². The summed E-state index contributed by atoms with van der Waals surface area (Å²) in [6.45, 7) is 7.89. The number of rotatable bonds is 6. The second-order valence-electron chi connectivity index (χ2n) is 5.80. The molecule has 116 valence electrons. The number of carbonyl (C=O) groups is 2. The fourth-order valence-corrected chi connectivity index (χ4v) is 2.63. The molecule has 0 saturated carbocycles. The molecule has 1 aliphatic heterocycles. The number of imidazole rings is 1. The van der Waals surface area contributed by atoms with Gasteiger partial charge in [-0.15, -0.1) is 0 Å². The summed E-state index contributed by atoms with van der Waals surface area (Å²) in [5, 5.41) is 2.90. The van der Waals surface area contributed by atoms with E-state index in [0.29, 0.717) is 19.5 Å². The van der Waals surface area contributed by atoms with Gasteiger partial charge >= 0.3 is 0 Å². The summed E-state index contributed by atoms with van der Waals surface area (Å²) in [7, 11) is 0. The van der Waals surface area contributed by atoms with Crippen LogP contribution in [-0.2, 0) is 9.59 Å². The number of amides is 2. The van der Waals surface area contributed by atoms with Crippen molar-refractivity contribution in [2.45, 2.75) is 45.6 Å². The standard InChI is InChI=1S/C15H24N4O2/c1-11(2)14-16-7-10-19(14)12(3)15(21)17-6-9-18-8-4-5-13(18)20/h7,10-12H,4-6,8-9H2,1-3H3,(H,17,21)/t12-/m1/s1. The predicted octanol–water partition coefficient (Wildman–Crippen LogP) is 1.31. The molecule has 1 N–H and O–H groups in total. The van der Waals surface area contributed by atoms with Gasteiger partial charge in [-0.1, -0.05) is 13.8 Å². The molecule has 0 radical (unpaired) electrons. The van der Waals surface area contributed by atoms with Gasteiger partial charge in [0.15, 0.2) is 0 Å². The molecule has 6 heteroatoms. The first-order chi connectivity index (χ1) is 10.0. The fourth-order valence-electron chi connectivity index (χ4n) is 2.63. The Hall–Kier alpha value is -1.85. The number of hydrogen-bond acceptors (Lipinski definition) is 3. The minimum absolute atomic E-state index is 0.0402. The van der Waals surface area contributed by atoms with Crippen molar-refractivity contribution < 1.29 is 9.59 Å². The van der Waals surface area contributed by atoms with Gasteiger partial charge in [-0.3, -0.25) is 9.59 Å². The summed E-state index contributed by atoms with van der Waals surface area (Å²) in [6, 6.07) is -0.292. The molecule has 0 spiro atoms. The summed E-state index contributed by atoms with van der Waals surface area (Å²) in [5.41, 5.74) is 0. The lowest BCUT2D eigenvalue weighted by atomic mass is 10.2. The Labute approximate surface area is 125 Å². The minimum Gasteiger partial charge on any atom is -0.353 e. The Balaban J connectivity index is 1.85. The van der Waals surface area contributed by atoms with Gasteiger partial charge in [-0.2, -0.15) is 0 Å². The van der Waals surface area contributed by atoms with E-state index in [1.165, 1.54) is 0 Å². The third-order valence-corrected chi connectivity index (χ3v) is 3.86. The van der Waals surface area contributed by atoms with Crippen LogP contribution in [0.5, 0.6) is 0 Å². The first kappa shape index (κ1) is 15.5. The van der Waals surface area contributed by atoms with Crippen molar-refractivity contribution in [3.63, 3.8) is 0 Å². The molecule has 1 aliphatic rings. The highest BCUT2D eigenvalue weighted by Gasteiger charge is 2.21. The Kier molecular flexibility index (Phi) is 4.98. The van der Waals surface area contributed by atoms with E-state index in [1.807, 2.05) is 22.6 Å². The second-order valence-corrected chi connectivity index (χ2v) is 5.80. The molecule has 2 rings (SSSR count). The van der Waals surface area contributed by atoms with E-state index in [1.54, 1.807) is 6.20 Å². The number of likely N-dealkylation sites (tertiary alicyclic amines) is 1. The SMILES string of the molecule is CC(C)c1nccn1[C@H](C)C(=O)NCCN1CCCC1=O. The van der Waals surface area contributed by atoms with E-state index in [-0.39, 0.29) is 23.8 Å². The first-order valence-electron chi connectivity index (χ1n) is 7.59. The van der Waals surface area contributed by atoms with Crippen LogP contribution in [0.1, 0.15) is 51.4 Å². The van der Waals surface area contributed by atoms with Crippen LogP contribution in [-0.4, -0.2) is 45.9 Å². The van der Waals surface area contributed by atoms with Crippen LogP contribution >= 0.6 is 0 Å². The van der Waals surface area contributed by atoms with Crippen molar-refractivity contribution in [2.24, 2.45) is 0 Å². The maximum atomic E-state index is 12.2. The predicted molar refractivity (Wildman–Crippen MR) is 79.9 cm³/mol. The average molecular weight is 292 g/mol. The number of carbonyl (C=O) groups excluding carboxylic acids is 2. The van der Waals surface area contributed by atoms with Gasteiger partial charge < -0.3 is 14.8 Å². The van der Waals surface area contributed by atoms with Crippen molar-refractivity contribution in [3.05, 3.63) is 18.2 Å². The van der Waals surface area contributed by atoms with E-state index in [0.717, 1.165) is 18.8 Å². The normalized spacial score (nSPS) is 16.6. The maximum Gasteiger partial charge on any atom is 0.242 e. The minimum atomic E-state index is -0.292. The quantitative estimate of drug-likeness (QED) is 0.859. The zero-order valence-electron chi connectivity index (χ0n) is 13.0. The number of nitrogens with zero attached hydrogens (tertiary/aromatic N) is 3. The molecule has 0 unspecified atom stereocenters. The number of aromatic nitrogens is 2. The Morgan fingerprint density at radius 3 is 2.81 bits per heavy atom. The molecular formula is C15H24N4O2. The molecule has 2 amide bonds. The molecule has 6 nitrogen and oxygen atoms in total. The third kappa shape index (κ3) is 3.62. The summed E-state index contributed by atoms with van der Waals surface area (Å²) in [4.78, 5) is 29.8. The summed E-state index contributed by atoms with van der Waals surface area (Å²) in [5.74, 6) is 1.33. The van der Waals surface area contributed by atoms with Crippen LogP contribution in [0.25, 0.3) is 0 Å². The second kappa shape index (κ2) is 6.74. The highest BCUT2D eigenvalue weighted by Crippen LogP contribution is 2.17. The molecular weight excluding hydrogens is 268 g/mol. The average Bonchev–Trinajstić information content (AvgIpc) is 3.07. The van der Waals surface area contributed by atoms with Crippen LogP contribution in [0.2, 0.25) is 0 Å². The Morgan fingerprint density at radius 1 is 1.43 bits per heavy atom. The van der Waals surface area contributed by atoms with Gasteiger partial charge in [0.1, 0.15) is 11.9 Å². The molecule has 21 heavy (non-hydrogen) atoms. The zero-order valence-corrected chi connectivity index (χ0v) is 13.0. The van der Waals surface area contributed by atoms with E-state index < -0.39 is 0 Å². The summed E-state index contributed by atoms with van der Waals surface area (Å²) < 4.78 is 1.90. The largest absolute Gasteiger partial charge is 0.353 e. The fraction of sp³-hybridized carbons (Fsp3) is 0.667. The van der Waals surface area contributed by atoms with Gasteiger partial charge in [0, 0.05) is 44.4 Å². The van der Waals surface area contributed by atoms with E-state index in [9.17, 15) is 9.59 Å². The molecule has 1 saturated heterocycles. The summed E-state index contributed by atoms with van der Waals surface area (Å²) in [6.07, 6.45) is 5.12. The highest BCUT2D eigenvalue weighted by atomic mass is 16.2. The summed E-state index contributed by atoms with van der Waals surface area (Å²) >= 11 is 0. The molecule has 1 fully saturated rings. The number of hydrogen-bond donors (Lipinski definition) is 1. The molecule has 0 aliphatic carbocycles. The lowest BCUT2D eigenvalue weighted by Crippen LogP contribution is -2.38. The van der Waals surface area contributed by atoms with E-state index >= 15 is 0 Å². The smallest absolute Gasteiger partial charge is 0.242 e. The van der Waals surface area contributed by atoms with Crippen LogP contribution in [0.4, 0.5) is 0 Å². The monoisotopic (exact) mass is 292 g/mol. The Morgan fingerprint density at radius 2 is 2.19 bits per heavy atom. The molecule has 1 aromatic heterocycles. The number of nitrogens with one attached hydrogen (secondary N) is 1. The molecule has 2 heterocycles. The van der Waals surface area contributed by atoms with Crippen LogP contribution in [0.3, 0.4) is 0 Å². The van der Waals surface area contributed by atoms with Crippen molar-refractivity contribution in [2.75, 3.05) is 19.6 Å². The molecule has 0 bridgehead atoms. The molecule has 1 aromatic rings. The third-order valence-electron chi connectivity index (χ3n) is 3.86. The zero-order chi connectivity index (χ0) is 15.4. The van der Waals surface area contributed by atoms with E-state index in [4.69, 9.17) is 0 Å². The molecule has 0 aromatic carbocycles. The van der Waals surface area contributed by atoms with Crippen LogP contribution < -0.4 is 5.32 Å². The topological polar surface area (TPSA) is 67.2 Å². The van der Waals surface area contributed by atoms with E-state index in [2.05, 4.69) is 24.1 Å². The lowest BCUT2D eigenvalue weighted by molar-refractivity contribution is -0.128. The Bertz CT molecular complexity index is 510. The van der Waals surface area contributed by atoms with Crippen molar-refractivity contribution in [1.82, 2.24) is 19.8 Å². The van der Waals surface area contributed by atoms with Crippen LogP contribution in [0.15, 0.2) is 12.4 Å². The maximum absolute atomic E-state index is 12.2. The highest BCUT2D eigenvalue weighted by molar-refractivity contribution is 5.80. The van der Waals surface area contributed by atoms with Crippen molar-refractivity contribution in [3.8, 4) is 0 Å².